The van der Waals surface area contributed by atoms with Crippen LogP contribution in [-0.4, -0.2) is 17.7 Å². The summed E-state index contributed by atoms with van der Waals surface area (Å²) in [6, 6.07) is 0. The van der Waals surface area contributed by atoms with Crippen LogP contribution in [0.3, 0.4) is 0 Å². The molecule has 0 amide bonds. The van der Waals surface area contributed by atoms with Crippen molar-refractivity contribution in [3.63, 3.8) is 0 Å². The molecule has 0 aromatic carbocycles. The number of hydrogen-bond donors (Lipinski definition) is 1. The van der Waals surface area contributed by atoms with Crippen LogP contribution >= 0.6 is 0 Å². The normalized spacial score (nSPS) is 6.17. The van der Waals surface area contributed by atoms with Crippen LogP contribution in [0.4, 0.5) is 0 Å². The van der Waals surface area contributed by atoms with Gasteiger partial charge in [-0.3, -0.25) is 0 Å². The molecule has 6 heavy (non-hydrogen) atoms. The van der Waals surface area contributed by atoms with Crippen molar-refractivity contribution in [2.45, 2.75) is 0 Å². The average Bonchev–Trinajstić information content (AvgIpc) is 1.38. The van der Waals surface area contributed by atoms with Crippen molar-refractivity contribution >= 4 is 5.97 Å². The van der Waals surface area contributed by atoms with Crippen molar-refractivity contribution in [2.24, 2.45) is 0 Å². The Balaban J connectivity index is 0. The minimum Gasteiger partial charge on any atom is -0.548 e. The number of carboxylic acid groups (broad SMARTS) is 1. The molecule has 0 bridgehead atoms. The van der Waals surface area contributed by atoms with E-state index in [4.69, 9.17) is 15.0 Å². The van der Waals surface area contributed by atoms with Gasteiger partial charge in [-0.05, 0) is 0 Å². The number of aliphatic hydroxyl groups is 1. The molecule has 30 valence electrons. The molecule has 1 N–H and O–H groups in total. The molecule has 0 radical (unpaired) electrons. The second-order valence-electron chi connectivity index (χ2n) is 0.530. The van der Waals surface area contributed by atoms with Gasteiger partial charge in [0.2, 0.25) is 0 Å². The maximum absolute atomic E-state index is 9.01. The van der Waals surface area contributed by atoms with Gasteiger partial charge in [0.25, 0.3) is 0 Å². The molecule has 0 aromatic heterocycles. The summed E-state index contributed by atoms with van der Waals surface area (Å²) in [7, 11) is 0. The van der Waals surface area contributed by atoms with Gasteiger partial charge in [0, 0.05) is 0 Å². The topological polar surface area (TPSA) is 60.4 Å². The van der Waals surface area contributed by atoms with Crippen LogP contribution in [0.25, 0.3) is 0 Å². The van der Waals surface area contributed by atoms with Crippen molar-refractivity contribution in [2.75, 3.05) is 6.61 Å². The summed E-state index contributed by atoms with van der Waals surface area (Å²) in [6.45, 7) is -0.889. The third-order valence-electron chi connectivity index (χ3n) is 0.129. The van der Waals surface area contributed by atoms with Crippen molar-refractivity contribution < 1.29 is 66.4 Å². The Hall–Kier alpha value is 1.07. The average molecular weight is 114 g/mol. The van der Waals surface area contributed by atoms with Crippen LogP contribution in [0.2, 0.25) is 0 Å². The van der Waals surface area contributed by atoms with Crippen LogP contribution in [-0.2, 0) is 4.79 Å². The van der Waals surface area contributed by atoms with Gasteiger partial charge in [-0.25, -0.2) is 0 Å². The molecule has 0 aliphatic carbocycles. The van der Waals surface area contributed by atoms with Gasteiger partial charge in [0.15, 0.2) is 0 Å². The summed E-state index contributed by atoms with van der Waals surface area (Å²) in [6.07, 6.45) is 0. The first-order chi connectivity index (χ1) is 2.27. The van der Waals surface area contributed by atoms with E-state index in [9.17, 15) is 0 Å². The molecule has 0 aromatic rings. The largest absolute Gasteiger partial charge is 1.00 e. The summed E-state index contributed by atoms with van der Waals surface area (Å²) in [4.78, 5) is 9.01. The van der Waals surface area contributed by atoms with Crippen molar-refractivity contribution in [1.82, 2.24) is 0 Å². The minimum atomic E-state index is -1.44. The fourth-order valence-electron chi connectivity index (χ4n) is 0. The van der Waals surface area contributed by atoms with Gasteiger partial charge in [-0.2, -0.15) is 0 Å². The first kappa shape index (κ1) is 10.1. The van der Waals surface area contributed by atoms with Gasteiger partial charge in [-0.15, -0.1) is 0 Å². The third-order valence-corrected chi connectivity index (χ3v) is 0.129. The van der Waals surface area contributed by atoms with Gasteiger partial charge in [0.1, 0.15) is 0 Å². The monoisotopic (exact) mass is 114 g/mol. The second kappa shape index (κ2) is 6.07. The molecule has 4 heteroatoms. The fourth-order valence-corrected chi connectivity index (χ4v) is 0. The summed E-state index contributed by atoms with van der Waals surface area (Å²) >= 11 is 0. The van der Waals surface area contributed by atoms with Gasteiger partial charge in [0.05, 0.1) is 12.6 Å². The minimum absolute atomic E-state index is 0. The van der Waals surface area contributed by atoms with E-state index < -0.39 is 12.6 Å². The van der Waals surface area contributed by atoms with Crippen molar-refractivity contribution in [3.8, 4) is 0 Å². The van der Waals surface area contributed by atoms with Crippen LogP contribution < -0.4 is 56.5 Å². The Morgan fingerprint density at radius 1 is 1.83 bits per heavy atom. The zero-order chi connectivity index (χ0) is 4.28. The molecule has 0 unspecified atom stereocenters. The van der Waals surface area contributed by atoms with E-state index in [1.165, 1.54) is 0 Å². The zero-order valence-electron chi connectivity index (χ0n) is 3.47. The Kier molecular flexibility index (Phi) is 10.2. The van der Waals surface area contributed by atoms with Gasteiger partial charge in [-0.1, -0.05) is 0 Å². The Morgan fingerprint density at radius 2 is 2.00 bits per heavy atom. The van der Waals surface area contributed by atoms with E-state index in [2.05, 4.69) is 0 Å². The standard InChI is InChI=1S/C2H4O3.K/c3-1-2(4)5;/h3H,1H2,(H,4,5);/q;+1/p-1. The summed E-state index contributed by atoms with van der Waals surface area (Å²) < 4.78 is 0. The Morgan fingerprint density at radius 3 is 2.00 bits per heavy atom. The SMILES string of the molecule is O=C([O-])CO.[K+]. The maximum atomic E-state index is 9.01. The van der Waals surface area contributed by atoms with Crippen molar-refractivity contribution in [1.29, 1.82) is 0 Å². The zero-order valence-corrected chi connectivity index (χ0v) is 6.59. The molecular weight excluding hydrogens is 111 g/mol. The molecule has 0 saturated heterocycles. The number of aliphatic carboxylic acids is 1. The number of carbonyl (C=O) groups is 1. The first-order valence-electron chi connectivity index (χ1n) is 1.08. The molecular formula is C2H3KO3. The second-order valence-corrected chi connectivity index (χ2v) is 0.530. The number of carbonyl (C=O) groups excluding carboxylic acids is 1. The van der Waals surface area contributed by atoms with E-state index in [-0.39, 0.29) is 51.4 Å². The van der Waals surface area contributed by atoms with Crippen LogP contribution in [0, 0.1) is 0 Å². The number of hydrogen-bond acceptors (Lipinski definition) is 3. The van der Waals surface area contributed by atoms with Crippen LogP contribution in [0.15, 0.2) is 0 Å². The Bertz CT molecular complexity index is 44.1. The van der Waals surface area contributed by atoms with Crippen LogP contribution in [0.5, 0.6) is 0 Å². The molecule has 0 atom stereocenters. The molecule has 0 saturated carbocycles. The fraction of sp³-hybridized carbons (Fsp3) is 0.500. The molecule has 3 nitrogen and oxygen atoms in total. The Labute approximate surface area is 77.8 Å². The maximum Gasteiger partial charge on any atom is 1.00 e. The predicted octanol–water partition coefficient (Wildman–Crippen LogP) is -5.27. The molecule has 0 aliphatic heterocycles. The number of carboxylic acids is 1. The van der Waals surface area contributed by atoms with E-state index in [1.807, 2.05) is 0 Å². The van der Waals surface area contributed by atoms with Gasteiger partial charge < -0.3 is 15.0 Å². The van der Waals surface area contributed by atoms with E-state index in [0.29, 0.717) is 0 Å². The smallest absolute Gasteiger partial charge is 0.548 e. The molecule has 0 heterocycles. The molecule has 0 fully saturated rings. The van der Waals surface area contributed by atoms with Crippen LogP contribution in [0.1, 0.15) is 0 Å². The van der Waals surface area contributed by atoms with Crippen molar-refractivity contribution in [3.05, 3.63) is 0 Å². The summed E-state index contributed by atoms with van der Waals surface area (Å²) in [5.41, 5.74) is 0. The third kappa shape index (κ3) is 8.91. The number of rotatable bonds is 1. The molecule has 0 rings (SSSR count). The molecule has 0 spiro atoms. The molecule has 0 aliphatic rings. The van der Waals surface area contributed by atoms with E-state index >= 15 is 0 Å². The quantitative estimate of drug-likeness (QED) is 0.346. The number of aliphatic hydroxyl groups excluding tert-OH is 1. The summed E-state index contributed by atoms with van der Waals surface area (Å²) in [5, 5.41) is 16.5. The first-order valence-corrected chi connectivity index (χ1v) is 1.08. The van der Waals surface area contributed by atoms with E-state index in [0.717, 1.165) is 0 Å². The van der Waals surface area contributed by atoms with E-state index in [1.54, 1.807) is 0 Å². The summed E-state index contributed by atoms with van der Waals surface area (Å²) in [5.74, 6) is -1.44. The predicted molar refractivity (Wildman–Crippen MR) is 12.1 cm³/mol. The van der Waals surface area contributed by atoms with Gasteiger partial charge >= 0.3 is 51.4 Å².